The van der Waals surface area contributed by atoms with Gasteiger partial charge in [-0.3, -0.25) is 4.79 Å². The fourth-order valence-corrected chi connectivity index (χ4v) is 3.64. The summed E-state index contributed by atoms with van der Waals surface area (Å²) in [6.45, 7) is 5.88. The zero-order chi connectivity index (χ0) is 13.9. The van der Waals surface area contributed by atoms with Crippen molar-refractivity contribution in [3.63, 3.8) is 0 Å². The molecule has 0 aromatic carbocycles. The van der Waals surface area contributed by atoms with Crippen LogP contribution < -0.4 is 10.6 Å². The molecular formula is C15H28N2O2. The molecule has 1 saturated heterocycles. The van der Waals surface area contributed by atoms with Gasteiger partial charge in [0.25, 0.3) is 0 Å². The van der Waals surface area contributed by atoms with Gasteiger partial charge in [0.15, 0.2) is 0 Å². The van der Waals surface area contributed by atoms with Gasteiger partial charge in [-0.2, -0.15) is 0 Å². The zero-order valence-electron chi connectivity index (χ0n) is 12.2. The van der Waals surface area contributed by atoms with Gasteiger partial charge in [0.1, 0.15) is 0 Å². The van der Waals surface area contributed by atoms with Crippen LogP contribution in [-0.2, 0) is 4.79 Å². The molecule has 2 rings (SSSR count). The zero-order valence-corrected chi connectivity index (χ0v) is 12.2. The summed E-state index contributed by atoms with van der Waals surface area (Å²) in [6.07, 6.45) is 5.51. The molecule has 3 unspecified atom stereocenters. The summed E-state index contributed by atoms with van der Waals surface area (Å²) in [7, 11) is 0. The van der Waals surface area contributed by atoms with Gasteiger partial charge >= 0.3 is 0 Å². The molecule has 1 amide bonds. The van der Waals surface area contributed by atoms with Crippen molar-refractivity contribution in [1.29, 1.82) is 0 Å². The predicted octanol–water partition coefficient (Wildman–Crippen LogP) is 1.29. The molecule has 4 nitrogen and oxygen atoms in total. The summed E-state index contributed by atoms with van der Waals surface area (Å²) in [6, 6.07) is -0.00222. The van der Waals surface area contributed by atoms with Crippen molar-refractivity contribution in [2.75, 3.05) is 19.7 Å². The van der Waals surface area contributed by atoms with Crippen LogP contribution in [0.4, 0.5) is 0 Å². The van der Waals surface area contributed by atoms with Crippen molar-refractivity contribution in [3.8, 4) is 0 Å². The van der Waals surface area contributed by atoms with Gasteiger partial charge in [-0.25, -0.2) is 0 Å². The highest BCUT2D eigenvalue weighted by Crippen LogP contribution is 2.37. The Kier molecular flexibility index (Phi) is 4.85. The Morgan fingerprint density at radius 1 is 1.37 bits per heavy atom. The number of aliphatic hydroxyl groups is 1. The summed E-state index contributed by atoms with van der Waals surface area (Å²) in [5.41, 5.74) is -0.149. The molecule has 2 aliphatic rings. The average Bonchev–Trinajstić information content (AvgIpc) is 3.03. The third-order valence-electron chi connectivity index (χ3n) is 5.50. The average molecular weight is 268 g/mol. The Morgan fingerprint density at radius 2 is 2.11 bits per heavy atom. The first kappa shape index (κ1) is 14.8. The van der Waals surface area contributed by atoms with Gasteiger partial charge in [0.05, 0.1) is 12.6 Å². The number of amides is 1. The predicted molar refractivity (Wildman–Crippen MR) is 75.7 cm³/mol. The van der Waals surface area contributed by atoms with Crippen LogP contribution in [0, 0.1) is 17.3 Å². The quantitative estimate of drug-likeness (QED) is 0.680. The van der Waals surface area contributed by atoms with Crippen LogP contribution in [0.25, 0.3) is 0 Å². The van der Waals surface area contributed by atoms with Gasteiger partial charge in [0.2, 0.25) is 5.91 Å². The Balaban J connectivity index is 1.87. The molecule has 1 aliphatic carbocycles. The van der Waals surface area contributed by atoms with Crippen molar-refractivity contribution in [2.24, 2.45) is 17.3 Å². The molecule has 0 radical (unpaired) electrons. The van der Waals surface area contributed by atoms with E-state index < -0.39 is 0 Å². The first-order chi connectivity index (χ1) is 9.15. The molecular weight excluding hydrogens is 240 g/mol. The Hall–Kier alpha value is -0.610. The fraction of sp³-hybridized carbons (Fsp3) is 0.933. The second-order valence-electron chi connectivity index (χ2n) is 6.32. The SMILES string of the molecule is CCC(CC)(CO)CNC(=O)C1NCC2CCCC21. The van der Waals surface area contributed by atoms with Crippen LogP contribution in [0.15, 0.2) is 0 Å². The van der Waals surface area contributed by atoms with Crippen LogP contribution in [0.2, 0.25) is 0 Å². The van der Waals surface area contributed by atoms with E-state index in [2.05, 4.69) is 24.5 Å². The lowest BCUT2D eigenvalue weighted by molar-refractivity contribution is -0.124. The molecule has 0 bridgehead atoms. The van der Waals surface area contributed by atoms with Crippen molar-refractivity contribution < 1.29 is 9.90 Å². The molecule has 1 heterocycles. The number of carbonyl (C=O) groups excluding carboxylic acids is 1. The van der Waals surface area contributed by atoms with Gasteiger partial charge in [0, 0.05) is 12.0 Å². The van der Waals surface area contributed by atoms with E-state index in [0.717, 1.165) is 19.4 Å². The molecule has 1 aliphatic heterocycles. The van der Waals surface area contributed by atoms with Crippen LogP contribution in [0.3, 0.4) is 0 Å². The highest BCUT2D eigenvalue weighted by molar-refractivity contribution is 5.82. The van der Waals surface area contributed by atoms with E-state index in [-0.39, 0.29) is 24.0 Å². The van der Waals surface area contributed by atoms with Crippen LogP contribution >= 0.6 is 0 Å². The molecule has 110 valence electrons. The van der Waals surface area contributed by atoms with Gasteiger partial charge in [-0.05, 0) is 44.1 Å². The minimum Gasteiger partial charge on any atom is -0.396 e. The molecule has 1 saturated carbocycles. The molecule has 2 fully saturated rings. The standard InChI is InChI=1S/C15H28N2O2/c1-3-15(4-2,10-18)9-17-14(19)13-12-7-5-6-11(12)8-16-13/h11-13,16,18H,3-10H2,1-2H3,(H,17,19). The highest BCUT2D eigenvalue weighted by atomic mass is 16.3. The van der Waals surface area contributed by atoms with Gasteiger partial charge in [-0.1, -0.05) is 20.3 Å². The summed E-state index contributed by atoms with van der Waals surface area (Å²) < 4.78 is 0. The van der Waals surface area contributed by atoms with E-state index in [1.165, 1.54) is 19.3 Å². The number of rotatable bonds is 6. The van der Waals surface area contributed by atoms with Crippen molar-refractivity contribution in [1.82, 2.24) is 10.6 Å². The van der Waals surface area contributed by atoms with E-state index in [9.17, 15) is 9.90 Å². The van der Waals surface area contributed by atoms with Crippen molar-refractivity contribution >= 4 is 5.91 Å². The van der Waals surface area contributed by atoms with Crippen LogP contribution in [-0.4, -0.2) is 36.8 Å². The van der Waals surface area contributed by atoms with Crippen LogP contribution in [0.5, 0.6) is 0 Å². The van der Waals surface area contributed by atoms with E-state index >= 15 is 0 Å². The second kappa shape index (κ2) is 6.23. The topological polar surface area (TPSA) is 61.4 Å². The van der Waals surface area contributed by atoms with E-state index in [4.69, 9.17) is 0 Å². The van der Waals surface area contributed by atoms with Crippen LogP contribution in [0.1, 0.15) is 46.0 Å². The van der Waals surface area contributed by atoms with Gasteiger partial charge in [-0.15, -0.1) is 0 Å². The van der Waals surface area contributed by atoms with E-state index in [0.29, 0.717) is 18.4 Å². The summed E-state index contributed by atoms with van der Waals surface area (Å²) in [4.78, 5) is 12.3. The largest absolute Gasteiger partial charge is 0.396 e. The monoisotopic (exact) mass is 268 g/mol. The lowest BCUT2D eigenvalue weighted by Crippen LogP contribution is -2.48. The smallest absolute Gasteiger partial charge is 0.237 e. The highest BCUT2D eigenvalue weighted by Gasteiger charge is 2.42. The molecule has 0 spiro atoms. The number of aliphatic hydroxyl groups excluding tert-OH is 1. The second-order valence-corrected chi connectivity index (χ2v) is 6.32. The molecule has 19 heavy (non-hydrogen) atoms. The first-order valence-electron chi connectivity index (χ1n) is 7.77. The Bertz CT molecular complexity index is 307. The number of carbonyl (C=O) groups is 1. The lowest BCUT2D eigenvalue weighted by atomic mass is 9.83. The number of hydrogen-bond acceptors (Lipinski definition) is 3. The fourth-order valence-electron chi connectivity index (χ4n) is 3.64. The minimum absolute atomic E-state index is 0.00222. The first-order valence-corrected chi connectivity index (χ1v) is 7.77. The normalized spacial score (nSPS) is 30.4. The third-order valence-corrected chi connectivity index (χ3v) is 5.50. The van der Waals surface area contributed by atoms with Gasteiger partial charge < -0.3 is 15.7 Å². The number of nitrogens with one attached hydrogen (secondary N) is 2. The summed E-state index contributed by atoms with van der Waals surface area (Å²) in [5, 5.41) is 16.0. The molecule has 0 aromatic rings. The molecule has 0 aromatic heterocycles. The maximum atomic E-state index is 12.3. The third kappa shape index (κ3) is 2.95. The molecule has 4 heteroatoms. The number of hydrogen-bond donors (Lipinski definition) is 3. The van der Waals surface area contributed by atoms with Crippen molar-refractivity contribution in [3.05, 3.63) is 0 Å². The maximum Gasteiger partial charge on any atom is 0.237 e. The summed E-state index contributed by atoms with van der Waals surface area (Å²) in [5.74, 6) is 1.37. The van der Waals surface area contributed by atoms with Crippen molar-refractivity contribution in [2.45, 2.75) is 52.0 Å². The van der Waals surface area contributed by atoms with E-state index in [1.54, 1.807) is 0 Å². The maximum absolute atomic E-state index is 12.3. The Morgan fingerprint density at radius 3 is 2.74 bits per heavy atom. The molecule has 3 N–H and O–H groups in total. The Labute approximate surface area is 116 Å². The van der Waals surface area contributed by atoms with E-state index in [1.807, 2.05) is 0 Å². The lowest BCUT2D eigenvalue weighted by Gasteiger charge is -2.30. The number of fused-ring (bicyclic) bond motifs is 1. The molecule has 3 atom stereocenters. The summed E-state index contributed by atoms with van der Waals surface area (Å²) >= 11 is 0. The minimum atomic E-state index is -0.149.